The zero-order chi connectivity index (χ0) is 13.8. The van der Waals surface area contributed by atoms with Crippen LogP contribution in [0.1, 0.15) is 23.2 Å². The number of pyridine rings is 1. The SMILES string of the molecule is COC(=O)[C@H]1CCCN(C(=O)c2cncc(O)c2)C1. The summed E-state index contributed by atoms with van der Waals surface area (Å²) in [5.74, 6) is -0.830. The standard InChI is InChI=1S/C13H16N2O4/c1-19-13(18)9-3-2-4-15(8-9)12(17)10-5-11(16)7-14-6-10/h5-7,9,16H,2-4,8H2,1H3/t9-/m0/s1. The van der Waals surface area contributed by atoms with Crippen LogP contribution in [0.5, 0.6) is 5.75 Å². The Morgan fingerprint density at radius 3 is 2.95 bits per heavy atom. The van der Waals surface area contributed by atoms with E-state index in [1.807, 2.05) is 0 Å². The Bertz CT molecular complexity index is 489. The maximum Gasteiger partial charge on any atom is 0.310 e. The number of methoxy groups -OCH3 is 1. The van der Waals surface area contributed by atoms with Gasteiger partial charge in [0, 0.05) is 19.3 Å². The van der Waals surface area contributed by atoms with E-state index in [2.05, 4.69) is 4.98 Å². The molecular weight excluding hydrogens is 248 g/mol. The van der Waals surface area contributed by atoms with Crippen LogP contribution in [-0.2, 0) is 9.53 Å². The number of hydrogen-bond donors (Lipinski definition) is 1. The van der Waals surface area contributed by atoms with Gasteiger partial charge in [0.05, 0.1) is 24.8 Å². The first-order chi connectivity index (χ1) is 9.11. The molecule has 0 aromatic carbocycles. The number of carbonyl (C=O) groups excluding carboxylic acids is 2. The Morgan fingerprint density at radius 1 is 1.47 bits per heavy atom. The summed E-state index contributed by atoms with van der Waals surface area (Å²) < 4.78 is 4.71. The number of nitrogens with zero attached hydrogens (tertiary/aromatic N) is 2. The van der Waals surface area contributed by atoms with Gasteiger partial charge in [0.25, 0.3) is 5.91 Å². The first-order valence-corrected chi connectivity index (χ1v) is 6.13. The monoisotopic (exact) mass is 264 g/mol. The predicted octanol–water partition coefficient (Wildman–Crippen LogP) is 0.812. The van der Waals surface area contributed by atoms with Crippen molar-refractivity contribution in [2.24, 2.45) is 5.92 Å². The smallest absolute Gasteiger partial charge is 0.310 e. The summed E-state index contributed by atoms with van der Waals surface area (Å²) in [5, 5.41) is 9.33. The van der Waals surface area contributed by atoms with Crippen LogP contribution in [0, 0.1) is 5.92 Å². The fourth-order valence-electron chi connectivity index (χ4n) is 2.25. The van der Waals surface area contributed by atoms with Gasteiger partial charge < -0.3 is 14.7 Å². The first kappa shape index (κ1) is 13.3. The lowest BCUT2D eigenvalue weighted by molar-refractivity contribution is -0.146. The summed E-state index contributed by atoms with van der Waals surface area (Å²) in [4.78, 5) is 29.1. The predicted molar refractivity (Wildman–Crippen MR) is 66.5 cm³/mol. The molecule has 2 heterocycles. The van der Waals surface area contributed by atoms with E-state index in [0.717, 1.165) is 12.8 Å². The van der Waals surface area contributed by atoms with Gasteiger partial charge in [0.15, 0.2) is 0 Å². The van der Waals surface area contributed by atoms with Gasteiger partial charge in [-0.25, -0.2) is 0 Å². The van der Waals surface area contributed by atoms with Gasteiger partial charge in [-0.1, -0.05) is 0 Å². The van der Waals surface area contributed by atoms with E-state index in [9.17, 15) is 14.7 Å². The van der Waals surface area contributed by atoms with Crippen LogP contribution < -0.4 is 0 Å². The minimum Gasteiger partial charge on any atom is -0.506 e. The van der Waals surface area contributed by atoms with Gasteiger partial charge in [0.1, 0.15) is 5.75 Å². The van der Waals surface area contributed by atoms with Crippen molar-refractivity contribution < 1.29 is 19.4 Å². The number of aromatic nitrogens is 1. The highest BCUT2D eigenvalue weighted by Gasteiger charge is 2.29. The van der Waals surface area contributed by atoms with E-state index in [1.54, 1.807) is 4.90 Å². The van der Waals surface area contributed by atoms with Crippen molar-refractivity contribution in [3.05, 3.63) is 24.0 Å². The molecule has 1 atom stereocenters. The van der Waals surface area contributed by atoms with Crippen LogP contribution in [0.15, 0.2) is 18.5 Å². The van der Waals surface area contributed by atoms with Gasteiger partial charge in [-0.3, -0.25) is 14.6 Å². The van der Waals surface area contributed by atoms with Gasteiger partial charge in [0.2, 0.25) is 0 Å². The van der Waals surface area contributed by atoms with E-state index in [1.165, 1.54) is 25.6 Å². The molecule has 6 heteroatoms. The van der Waals surface area contributed by atoms with E-state index in [-0.39, 0.29) is 23.5 Å². The fraction of sp³-hybridized carbons (Fsp3) is 0.462. The fourth-order valence-corrected chi connectivity index (χ4v) is 2.25. The van der Waals surface area contributed by atoms with Gasteiger partial charge in [-0.05, 0) is 18.9 Å². The quantitative estimate of drug-likeness (QED) is 0.800. The molecule has 1 aliphatic heterocycles. The zero-order valence-corrected chi connectivity index (χ0v) is 10.7. The Hall–Kier alpha value is -2.11. The summed E-state index contributed by atoms with van der Waals surface area (Å²) in [6.07, 6.45) is 4.17. The van der Waals surface area contributed by atoms with Crippen molar-refractivity contribution in [3.8, 4) is 5.75 Å². The first-order valence-electron chi connectivity index (χ1n) is 6.13. The van der Waals surface area contributed by atoms with E-state index in [0.29, 0.717) is 18.7 Å². The molecule has 102 valence electrons. The van der Waals surface area contributed by atoms with E-state index < -0.39 is 0 Å². The largest absolute Gasteiger partial charge is 0.506 e. The summed E-state index contributed by atoms with van der Waals surface area (Å²) in [6, 6.07) is 1.37. The lowest BCUT2D eigenvalue weighted by Gasteiger charge is -2.31. The molecule has 0 saturated carbocycles. The maximum absolute atomic E-state index is 12.2. The van der Waals surface area contributed by atoms with Crippen LogP contribution >= 0.6 is 0 Å². The number of carbonyl (C=O) groups is 2. The van der Waals surface area contributed by atoms with E-state index in [4.69, 9.17) is 4.74 Å². The molecule has 1 amide bonds. The molecule has 0 spiro atoms. The number of piperidine rings is 1. The average Bonchev–Trinajstić information content (AvgIpc) is 2.45. The Labute approximate surface area is 111 Å². The Morgan fingerprint density at radius 2 is 2.26 bits per heavy atom. The summed E-state index contributed by atoms with van der Waals surface area (Å²) in [7, 11) is 1.35. The van der Waals surface area contributed by atoms with Crippen LogP contribution in [0.25, 0.3) is 0 Å². The van der Waals surface area contributed by atoms with Gasteiger partial charge >= 0.3 is 5.97 Å². The number of aromatic hydroxyl groups is 1. The van der Waals surface area contributed by atoms with Crippen LogP contribution in [0.2, 0.25) is 0 Å². The third-order valence-corrected chi connectivity index (χ3v) is 3.21. The summed E-state index contributed by atoms with van der Waals surface area (Å²) >= 11 is 0. The van der Waals surface area contributed by atoms with Crippen LogP contribution in [-0.4, -0.2) is 47.1 Å². The summed E-state index contributed by atoms with van der Waals surface area (Å²) in [6.45, 7) is 0.948. The Balaban J connectivity index is 2.09. The van der Waals surface area contributed by atoms with Crippen molar-refractivity contribution in [3.63, 3.8) is 0 Å². The second-order valence-electron chi connectivity index (χ2n) is 4.55. The van der Waals surface area contributed by atoms with Gasteiger partial charge in [-0.15, -0.1) is 0 Å². The molecule has 1 N–H and O–H groups in total. The highest BCUT2D eigenvalue weighted by molar-refractivity contribution is 5.94. The molecule has 19 heavy (non-hydrogen) atoms. The lowest BCUT2D eigenvalue weighted by Crippen LogP contribution is -2.42. The average molecular weight is 264 g/mol. The lowest BCUT2D eigenvalue weighted by atomic mass is 9.97. The van der Waals surface area contributed by atoms with Crippen molar-refractivity contribution in [2.45, 2.75) is 12.8 Å². The molecule has 0 unspecified atom stereocenters. The second-order valence-corrected chi connectivity index (χ2v) is 4.55. The van der Waals surface area contributed by atoms with Crippen molar-refractivity contribution >= 4 is 11.9 Å². The summed E-state index contributed by atoms with van der Waals surface area (Å²) in [5.41, 5.74) is 0.325. The number of amides is 1. The molecule has 0 aliphatic carbocycles. The normalized spacial score (nSPS) is 19.0. The molecule has 1 aliphatic rings. The van der Waals surface area contributed by atoms with Crippen LogP contribution in [0.4, 0.5) is 0 Å². The molecule has 1 aromatic rings. The number of esters is 1. The minimum atomic E-state index is -0.286. The van der Waals surface area contributed by atoms with Crippen molar-refractivity contribution in [2.75, 3.05) is 20.2 Å². The van der Waals surface area contributed by atoms with Crippen molar-refractivity contribution in [1.29, 1.82) is 0 Å². The third kappa shape index (κ3) is 3.01. The molecule has 1 fully saturated rings. The van der Waals surface area contributed by atoms with Crippen LogP contribution in [0.3, 0.4) is 0 Å². The third-order valence-electron chi connectivity index (χ3n) is 3.21. The highest BCUT2D eigenvalue weighted by Crippen LogP contribution is 2.20. The minimum absolute atomic E-state index is 0.0487. The maximum atomic E-state index is 12.2. The molecule has 1 aromatic heterocycles. The molecule has 1 saturated heterocycles. The molecule has 2 rings (SSSR count). The number of hydrogen-bond acceptors (Lipinski definition) is 5. The number of rotatable bonds is 2. The second kappa shape index (κ2) is 5.69. The molecular formula is C13H16N2O4. The Kier molecular flexibility index (Phi) is 3.99. The van der Waals surface area contributed by atoms with Crippen molar-refractivity contribution in [1.82, 2.24) is 9.88 Å². The number of likely N-dealkylation sites (tertiary alicyclic amines) is 1. The molecule has 6 nitrogen and oxygen atoms in total. The number of ether oxygens (including phenoxy) is 1. The highest BCUT2D eigenvalue weighted by atomic mass is 16.5. The molecule has 0 radical (unpaired) electrons. The molecule has 0 bridgehead atoms. The topological polar surface area (TPSA) is 79.7 Å². The van der Waals surface area contributed by atoms with Gasteiger partial charge in [-0.2, -0.15) is 0 Å². The zero-order valence-electron chi connectivity index (χ0n) is 10.7. The van der Waals surface area contributed by atoms with E-state index >= 15 is 0 Å².